The lowest BCUT2D eigenvalue weighted by molar-refractivity contribution is -0.122. The fourth-order valence-corrected chi connectivity index (χ4v) is 4.10. The number of thiophene rings is 1. The molecule has 1 atom stereocenters. The quantitative estimate of drug-likeness (QED) is 0.512. The van der Waals surface area contributed by atoms with Gasteiger partial charge in [-0.2, -0.15) is 0 Å². The molecule has 2 N–H and O–H groups in total. The Morgan fingerprint density at radius 3 is 2.53 bits per heavy atom. The zero-order chi connectivity index (χ0) is 21.3. The summed E-state index contributed by atoms with van der Waals surface area (Å²) in [5.74, 6) is -0.711. The van der Waals surface area contributed by atoms with Crippen LogP contribution in [0, 0.1) is 13.8 Å². The molecule has 0 aliphatic carbocycles. The number of nitrogens with zero attached hydrogens (tertiary/aromatic N) is 2. The molecule has 0 aliphatic heterocycles. The molecule has 0 fully saturated rings. The predicted molar refractivity (Wildman–Crippen MR) is 115 cm³/mol. The van der Waals surface area contributed by atoms with Crippen LogP contribution in [-0.2, 0) is 4.79 Å². The van der Waals surface area contributed by atoms with Crippen LogP contribution >= 0.6 is 11.3 Å². The molecule has 0 saturated carbocycles. The van der Waals surface area contributed by atoms with E-state index in [-0.39, 0.29) is 11.6 Å². The number of aromatic nitrogens is 2. The highest BCUT2D eigenvalue weighted by Crippen LogP contribution is 2.31. The summed E-state index contributed by atoms with van der Waals surface area (Å²) in [4.78, 5) is 32.4. The first-order valence-corrected chi connectivity index (χ1v) is 10.2. The van der Waals surface area contributed by atoms with E-state index >= 15 is 0 Å². The Morgan fingerprint density at radius 2 is 1.87 bits per heavy atom. The molecule has 0 unspecified atom stereocenters. The summed E-state index contributed by atoms with van der Waals surface area (Å²) in [7, 11) is 1.54. The Balaban J connectivity index is 1.78. The summed E-state index contributed by atoms with van der Waals surface area (Å²) < 4.78 is 5.35. The number of nitrogens with one attached hydrogen (secondary N) is 2. The van der Waals surface area contributed by atoms with E-state index in [1.165, 1.54) is 7.05 Å². The van der Waals surface area contributed by atoms with Crippen molar-refractivity contribution in [1.82, 2.24) is 20.8 Å². The predicted octanol–water partition coefficient (Wildman–Crippen LogP) is 3.79. The maximum atomic E-state index is 13.3. The highest BCUT2D eigenvalue weighted by atomic mass is 32.1. The molecule has 30 heavy (non-hydrogen) atoms. The second-order valence-electron chi connectivity index (χ2n) is 6.84. The van der Waals surface area contributed by atoms with Gasteiger partial charge in [0.2, 0.25) is 5.91 Å². The molecule has 152 valence electrons. The van der Waals surface area contributed by atoms with Crippen LogP contribution in [0.15, 0.2) is 53.1 Å². The first-order chi connectivity index (χ1) is 14.5. The smallest absolute Gasteiger partial charge is 0.259 e. The Bertz CT molecular complexity index is 1230. The number of rotatable bonds is 5. The van der Waals surface area contributed by atoms with Crippen LogP contribution in [0.5, 0.6) is 0 Å². The van der Waals surface area contributed by atoms with Crippen LogP contribution in [0.25, 0.3) is 21.7 Å². The van der Waals surface area contributed by atoms with Gasteiger partial charge in [-0.3, -0.25) is 9.59 Å². The number of benzene rings is 1. The number of carbonyl (C=O) groups is 2. The number of hydrogen-bond donors (Lipinski definition) is 2. The molecule has 4 rings (SSSR count). The van der Waals surface area contributed by atoms with Gasteiger partial charge in [0.15, 0.2) is 0 Å². The third-order valence-corrected chi connectivity index (χ3v) is 5.79. The van der Waals surface area contributed by atoms with E-state index in [4.69, 9.17) is 4.52 Å². The van der Waals surface area contributed by atoms with E-state index in [1.807, 2.05) is 37.3 Å². The molecule has 0 aliphatic rings. The molecule has 0 bridgehead atoms. The lowest BCUT2D eigenvalue weighted by Gasteiger charge is -2.18. The lowest BCUT2D eigenvalue weighted by Crippen LogP contribution is -2.39. The van der Waals surface area contributed by atoms with Crippen LogP contribution in [0.1, 0.15) is 32.5 Å². The fourth-order valence-electron chi connectivity index (χ4n) is 3.27. The summed E-state index contributed by atoms with van der Waals surface area (Å²) in [6, 6.07) is 13.9. The van der Waals surface area contributed by atoms with E-state index in [2.05, 4.69) is 20.8 Å². The Hall–Kier alpha value is -3.52. The molecular formula is C22H20N4O3S. The minimum atomic E-state index is -0.834. The van der Waals surface area contributed by atoms with E-state index in [9.17, 15) is 9.59 Å². The van der Waals surface area contributed by atoms with Gasteiger partial charge in [0.25, 0.3) is 11.6 Å². The largest absolute Gasteiger partial charge is 0.357 e. The van der Waals surface area contributed by atoms with Gasteiger partial charge in [-0.15, -0.1) is 11.3 Å². The second-order valence-corrected chi connectivity index (χ2v) is 8.13. The Kier molecular flexibility index (Phi) is 5.33. The molecule has 0 spiro atoms. The zero-order valence-corrected chi connectivity index (χ0v) is 17.5. The van der Waals surface area contributed by atoms with Crippen molar-refractivity contribution < 1.29 is 14.1 Å². The van der Waals surface area contributed by atoms with Crippen LogP contribution in [0.3, 0.4) is 0 Å². The van der Waals surface area contributed by atoms with Gasteiger partial charge in [0.05, 0.1) is 27.2 Å². The fraction of sp³-hybridized carbons (Fsp3) is 0.182. The third kappa shape index (κ3) is 3.69. The number of likely N-dealkylation sites (N-methyl/N-ethyl adjacent to an activating group) is 1. The summed E-state index contributed by atoms with van der Waals surface area (Å²) in [6.07, 6.45) is 0. The highest BCUT2D eigenvalue weighted by Gasteiger charge is 2.25. The first-order valence-electron chi connectivity index (χ1n) is 9.39. The summed E-state index contributed by atoms with van der Waals surface area (Å²) in [5, 5.41) is 9.97. The number of fused-ring (bicyclic) bond motifs is 1. The molecule has 2 amide bonds. The maximum Gasteiger partial charge on any atom is 0.259 e. The van der Waals surface area contributed by atoms with E-state index in [0.717, 1.165) is 9.75 Å². The summed E-state index contributed by atoms with van der Waals surface area (Å²) in [5.41, 5.74) is 2.53. The van der Waals surface area contributed by atoms with Crippen LogP contribution in [-0.4, -0.2) is 29.0 Å². The number of hydrogen-bond acceptors (Lipinski definition) is 6. The first kappa shape index (κ1) is 19.8. The topological polar surface area (TPSA) is 97.1 Å². The number of aryl methyl sites for hydroxylation is 2. The maximum absolute atomic E-state index is 13.3. The molecule has 8 heteroatoms. The Morgan fingerprint density at radius 1 is 1.10 bits per heavy atom. The van der Waals surface area contributed by atoms with Crippen molar-refractivity contribution in [3.05, 3.63) is 70.2 Å². The van der Waals surface area contributed by atoms with Crippen LogP contribution in [0.2, 0.25) is 0 Å². The monoisotopic (exact) mass is 420 g/mol. The molecule has 0 saturated heterocycles. The van der Waals surface area contributed by atoms with Gasteiger partial charge in [0, 0.05) is 11.9 Å². The van der Waals surface area contributed by atoms with E-state index in [1.54, 1.807) is 36.5 Å². The number of carbonyl (C=O) groups excluding carboxylic acids is 2. The third-order valence-electron chi connectivity index (χ3n) is 4.77. The van der Waals surface area contributed by atoms with Crippen molar-refractivity contribution in [2.24, 2.45) is 0 Å². The summed E-state index contributed by atoms with van der Waals surface area (Å²) >= 11 is 1.58. The molecular weight excluding hydrogens is 400 g/mol. The SMILES string of the molecule is CNC(=O)[C@H](NC(=O)c1cc(-c2ccc(C)s2)nc2onc(C)c12)c1ccccc1. The minimum absolute atomic E-state index is 0.289. The van der Waals surface area contributed by atoms with Gasteiger partial charge in [-0.05, 0) is 37.6 Å². The molecule has 0 radical (unpaired) electrons. The van der Waals surface area contributed by atoms with Gasteiger partial charge >= 0.3 is 0 Å². The minimum Gasteiger partial charge on any atom is -0.357 e. The second kappa shape index (κ2) is 8.08. The van der Waals surface area contributed by atoms with Crippen molar-refractivity contribution in [2.45, 2.75) is 19.9 Å². The van der Waals surface area contributed by atoms with Crippen molar-refractivity contribution in [3.63, 3.8) is 0 Å². The van der Waals surface area contributed by atoms with Gasteiger partial charge < -0.3 is 15.2 Å². The van der Waals surface area contributed by atoms with E-state index in [0.29, 0.717) is 27.9 Å². The zero-order valence-electron chi connectivity index (χ0n) is 16.7. The highest BCUT2D eigenvalue weighted by molar-refractivity contribution is 7.15. The van der Waals surface area contributed by atoms with Crippen LogP contribution < -0.4 is 10.6 Å². The van der Waals surface area contributed by atoms with Crippen molar-refractivity contribution in [3.8, 4) is 10.6 Å². The van der Waals surface area contributed by atoms with Gasteiger partial charge in [0.1, 0.15) is 6.04 Å². The normalized spacial score (nSPS) is 12.0. The number of pyridine rings is 1. The average Bonchev–Trinajstić information content (AvgIpc) is 3.37. The molecule has 7 nitrogen and oxygen atoms in total. The van der Waals surface area contributed by atoms with Crippen molar-refractivity contribution >= 4 is 34.3 Å². The molecule has 3 heterocycles. The van der Waals surface area contributed by atoms with E-state index < -0.39 is 11.9 Å². The molecule has 1 aromatic carbocycles. The van der Waals surface area contributed by atoms with Crippen molar-refractivity contribution in [2.75, 3.05) is 7.05 Å². The Labute approximate surface area is 177 Å². The molecule has 3 aromatic heterocycles. The van der Waals surface area contributed by atoms with Crippen LogP contribution in [0.4, 0.5) is 0 Å². The standard InChI is InChI=1S/C22H20N4O3S/c1-12-9-10-17(30-12)16-11-15(18-13(2)26-29-22(18)24-16)20(27)25-19(21(28)23-3)14-7-5-4-6-8-14/h4-11,19H,1-3H3,(H,23,28)(H,25,27)/t19-/m1/s1. The van der Waals surface area contributed by atoms with Crippen molar-refractivity contribution in [1.29, 1.82) is 0 Å². The van der Waals surface area contributed by atoms with Gasteiger partial charge in [-0.25, -0.2) is 4.98 Å². The lowest BCUT2D eigenvalue weighted by atomic mass is 10.0. The van der Waals surface area contributed by atoms with Gasteiger partial charge in [-0.1, -0.05) is 35.5 Å². The number of amides is 2. The average molecular weight is 420 g/mol. The summed E-state index contributed by atoms with van der Waals surface area (Å²) in [6.45, 7) is 3.76. The molecule has 4 aromatic rings.